The molecular weight excluding hydrogens is 392 g/mol. The summed E-state index contributed by atoms with van der Waals surface area (Å²) in [4.78, 5) is 31.2. The summed E-state index contributed by atoms with van der Waals surface area (Å²) in [5.41, 5.74) is 3.67. The number of imide groups is 1. The molecule has 0 spiro atoms. The smallest absolute Gasteiger partial charge is 0.325 e. The predicted molar refractivity (Wildman–Crippen MR) is 117 cm³/mol. The van der Waals surface area contributed by atoms with Crippen molar-refractivity contribution >= 4 is 11.9 Å². The molecule has 2 aromatic carbocycles. The van der Waals surface area contributed by atoms with Crippen molar-refractivity contribution in [3.05, 3.63) is 65.2 Å². The van der Waals surface area contributed by atoms with E-state index in [0.29, 0.717) is 13.1 Å². The zero-order valence-electron chi connectivity index (χ0n) is 17.6. The van der Waals surface area contributed by atoms with Gasteiger partial charge in [-0.25, -0.2) is 9.69 Å². The lowest BCUT2D eigenvalue weighted by atomic mass is 10.1. The molecule has 0 bridgehead atoms. The summed E-state index contributed by atoms with van der Waals surface area (Å²) in [6.07, 6.45) is 1.52. The summed E-state index contributed by atoms with van der Waals surface area (Å²) in [5.74, 6) is 0.893. The Labute approximate surface area is 182 Å². The fraction of sp³-hybridized carbons (Fsp3) is 0.417. The topological polar surface area (TPSA) is 65.1 Å². The first kappa shape index (κ1) is 20.0. The Kier molecular flexibility index (Phi) is 5.61. The van der Waals surface area contributed by atoms with Crippen LogP contribution in [0.1, 0.15) is 16.7 Å². The summed E-state index contributed by atoms with van der Waals surface area (Å²) in [6.45, 7) is 5.59. The largest absolute Gasteiger partial charge is 0.493 e. The van der Waals surface area contributed by atoms with Crippen LogP contribution in [0.4, 0.5) is 4.79 Å². The standard InChI is InChI=1S/C24H28N4O3/c29-23-21(15-18-4-2-1-3-5-18)25-24(30)28(23)17-27-11-9-26(10-12-27)16-19-6-7-22-20(14-19)8-13-31-22/h1-7,14,21H,8-13,15-17H2,(H,25,30). The van der Waals surface area contributed by atoms with Crippen LogP contribution in [0.15, 0.2) is 48.5 Å². The van der Waals surface area contributed by atoms with Crippen LogP contribution >= 0.6 is 0 Å². The van der Waals surface area contributed by atoms with Crippen molar-refractivity contribution in [3.63, 3.8) is 0 Å². The number of nitrogens with zero attached hydrogens (tertiary/aromatic N) is 3. The molecule has 3 amide bonds. The molecule has 0 radical (unpaired) electrons. The van der Waals surface area contributed by atoms with Gasteiger partial charge in [-0.1, -0.05) is 42.5 Å². The van der Waals surface area contributed by atoms with Crippen molar-refractivity contribution in [2.75, 3.05) is 39.5 Å². The number of urea groups is 1. The van der Waals surface area contributed by atoms with Crippen LogP contribution in [0.25, 0.3) is 0 Å². The molecule has 3 heterocycles. The first-order valence-corrected chi connectivity index (χ1v) is 11.0. The van der Waals surface area contributed by atoms with Gasteiger partial charge in [-0.3, -0.25) is 14.6 Å². The highest BCUT2D eigenvalue weighted by atomic mass is 16.5. The lowest BCUT2D eigenvalue weighted by Gasteiger charge is -2.36. The Morgan fingerprint density at radius 3 is 2.52 bits per heavy atom. The molecule has 3 aliphatic rings. The predicted octanol–water partition coefficient (Wildman–Crippen LogP) is 1.86. The maximum atomic E-state index is 12.8. The van der Waals surface area contributed by atoms with E-state index in [4.69, 9.17) is 4.74 Å². The summed E-state index contributed by atoms with van der Waals surface area (Å²) in [5, 5.41) is 2.84. The highest BCUT2D eigenvalue weighted by Crippen LogP contribution is 2.26. The van der Waals surface area contributed by atoms with Gasteiger partial charge in [0.05, 0.1) is 13.3 Å². The van der Waals surface area contributed by atoms with Crippen LogP contribution in [-0.2, 0) is 24.2 Å². The molecule has 0 aromatic heterocycles. The molecule has 2 aromatic rings. The van der Waals surface area contributed by atoms with E-state index in [1.165, 1.54) is 16.0 Å². The van der Waals surface area contributed by atoms with E-state index in [9.17, 15) is 9.59 Å². The second kappa shape index (κ2) is 8.69. The molecule has 1 unspecified atom stereocenters. The summed E-state index contributed by atoms with van der Waals surface area (Å²) < 4.78 is 5.59. The van der Waals surface area contributed by atoms with Crippen LogP contribution in [-0.4, -0.2) is 72.1 Å². The fourth-order valence-electron chi connectivity index (χ4n) is 4.58. The molecule has 7 nitrogen and oxygen atoms in total. The highest BCUT2D eigenvalue weighted by Gasteiger charge is 2.39. The second-order valence-electron chi connectivity index (χ2n) is 8.53. The number of hydrogen-bond acceptors (Lipinski definition) is 5. The average molecular weight is 421 g/mol. The zero-order valence-corrected chi connectivity index (χ0v) is 17.6. The lowest BCUT2D eigenvalue weighted by molar-refractivity contribution is -0.129. The van der Waals surface area contributed by atoms with Crippen molar-refractivity contribution in [2.45, 2.75) is 25.4 Å². The molecule has 0 aliphatic carbocycles. The number of amides is 3. The quantitative estimate of drug-likeness (QED) is 0.723. The molecule has 1 N–H and O–H groups in total. The second-order valence-corrected chi connectivity index (χ2v) is 8.53. The van der Waals surface area contributed by atoms with Crippen LogP contribution in [0, 0.1) is 0 Å². The zero-order chi connectivity index (χ0) is 21.2. The fourth-order valence-corrected chi connectivity index (χ4v) is 4.58. The van der Waals surface area contributed by atoms with Gasteiger partial charge in [0.2, 0.25) is 0 Å². The summed E-state index contributed by atoms with van der Waals surface area (Å²) >= 11 is 0. The lowest BCUT2D eigenvalue weighted by Crippen LogP contribution is -2.51. The monoisotopic (exact) mass is 420 g/mol. The average Bonchev–Trinajstić information content (AvgIpc) is 3.35. The van der Waals surface area contributed by atoms with E-state index in [2.05, 4.69) is 33.3 Å². The van der Waals surface area contributed by atoms with Crippen LogP contribution in [0.5, 0.6) is 5.75 Å². The Hall–Kier alpha value is -2.90. The number of nitrogens with one attached hydrogen (secondary N) is 1. The molecule has 3 aliphatic heterocycles. The number of piperazine rings is 1. The number of carbonyl (C=O) groups is 2. The van der Waals surface area contributed by atoms with Crippen LogP contribution < -0.4 is 10.1 Å². The van der Waals surface area contributed by atoms with Gasteiger partial charge in [-0.05, 0) is 22.8 Å². The highest BCUT2D eigenvalue weighted by molar-refractivity contribution is 6.04. The van der Waals surface area contributed by atoms with Gasteiger partial charge in [0.25, 0.3) is 5.91 Å². The Morgan fingerprint density at radius 2 is 1.71 bits per heavy atom. The number of benzene rings is 2. The van der Waals surface area contributed by atoms with Crippen molar-refractivity contribution in [2.24, 2.45) is 0 Å². The number of ether oxygens (including phenoxy) is 1. The van der Waals surface area contributed by atoms with Crippen molar-refractivity contribution in [3.8, 4) is 5.75 Å². The number of carbonyl (C=O) groups excluding carboxylic acids is 2. The minimum absolute atomic E-state index is 0.128. The van der Waals surface area contributed by atoms with Crippen molar-refractivity contribution in [1.82, 2.24) is 20.0 Å². The van der Waals surface area contributed by atoms with Gasteiger partial charge in [0, 0.05) is 45.6 Å². The molecule has 31 heavy (non-hydrogen) atoms. The number of fused-ring (bicyclic) bond motifs is 1. The van der Waals surface area contributed by atoms with Crippen molar-refractivity contribution < 1.29 is 14.3 Å². The van der Waals surface area contributed by atoms with Crippen LogP contribution in [0.2, 0.25) is 0 Å². The third-order valence-corrected chi connectivity index (χ3v) is 6.36. The maximum Gasteiger partial charge on any atom is 0.325 e. The Balaban J connectivity index is 1.12. The van der Waals surface area contributed by atoms with Gasteiger partial charge < -0.3 is 10.1 Å². The van der Waals surface area contributed by atoms with Gasteiger partial charge in [0.15, 0.2) is 0 Å². The maximum absolute atomic E-state index is 12.8. The molecule has 2 fully saturated rings. The summed E-state index contributed by atoms with van der Waals surface area (Å²) in [7, 11) is 0. The Bertz CT molecular complexity index is 957. The molecule has 1 atom stereocenters. The minimum atomic E-state index is -0.472. The third kappa shape index (κ3) is 4.43. The molecular formula is C24H28N4O3. The third-order valence-electron chi connectivity index (χ3n) is 6.36. The van der Waals surface area contributed by atoms with Crippen LogP contribution in [0.3, 0.4) is 0 Å². The van der Waals surface area contributed by atoms with E-state index < -0.39 is 6.04 Å². The SMILES string of the molecule is O=C1NC(Cc2ccccc2)C(=O)N1CN1CCN(Cc2ccc3c(c2)CCO3)CC1. The first-order chi connectivity index (χ1) is 15.2. The molecule has 7 heteroatoms. The van der Waals surface area contributed by atoms with E-state index in [0.717, 1.165) is 57.1 Å². The molecule has 5 rings (SSSR count). The molecule has 0 saturated carbocycles. The number of hydrogen-bond donors (Lipinski definition) is 1. The Morgan fingerprint density at radius 1 is 0.935 bits per heavy atom. The van der Waals surface area contributed by atoms with Gasteiger partial charge in [0.1, 0.15) is 11.8 Å². The molecule has 2 saturated heterocycles. The van der Waals surface area contributed by atoms with Gasteiger partial charge in [-0.15, -0.1) is 0 Å². The van der Waals surface area contributed by atoms with E-state index in [-0.39, 0.29) is 11.9 Å². The minimum Gasteiger partial charge on any atom is -0.493 e. The van der Waals surface area contributed by atoms with E-state index >= 15 is 0 Å². The first-order valence-electron chi connectivity index (χ1n) is 11.0. The van der Waals surface area contributed by atoms with E-state index in [1.54, 1.807) is 0 Å². The van der Waals surface area contributed by atoms with Gasteiger partial charge >= 0.3 is 6.03 Å². The normalized spacial score (nSPS) is 21.8. The van der Waals surface area contributed by atoms with Gasteiger partial charge in [-0.2, -0.15) is 0 Å². The van der Waals surface area contributed by atoms with E-state index in [1.807, 2.05) is 30.3 Å². The van der Waals surface area contributed by atoms with Crippen molar-refractivity contribution in [1.29, 1.82) is 0 Å². The molecule has 162 valence electrons. The summed E-state index contributed by atoms with van der Waals surface area (Å²) in [6, 6.07) is 15.5. The number of rotatable bonds is 6.